The molecule has 1 aliphatic heterocycles. The molecule has 0 spiro atoms. The molecule has 6 nitrogen and oxygen atoms in total. The average Bonchev–Trinajstić information content (AvgIpc) is 3.39. The molecule has 0 radical (unpaired) electrons. The molecule has 1 heterocycles. The zero-order valence-corrected chi connectivity index (χ0v) is 18.7. The van der Waals surface area contributed by atoms with Gasteiger partial charge in [-0.2, -0.15) is 0 Å². The number of phenolic OH excluding ortho intramolecular Hbond substituents is 1. The van der Waals surface area contributed by atoms with Crippen molar-refractivity contribution < 1.29 is 24.5 Å². The van der Waals surface area contributed by atoms with Crippen molar-refractivity contribution in [1.82, 2.24) is 4.90 Å². The number of carbonyl (C=O) groups excluding carboxylic acids is 2. The van der Waals surface area contributed by atoms with Crippen LogP contribution in [0.2, 0.25) is 0 Å². The van der Waals surface area contributed by atoms with Gasteiger partial charge in [-0.15, -0.1) is 0 Å². The van der Waals surface area contributed by atoms with Crippen LogP contribution < -0.4 is 4.74 Å². The number of aromatic hydroxyl groups is 1. The fraction of sp³-hybridized carbons (Fsp3) is 0.385. The maximum absolute atomic E-state index is 13.2. The van der Waals surface area contributed by atoms with E-state index in [0.29, 0.717) is 16.9 Å². The Morgan fingerprint density at radius 1 is 1.09 bits per heavy atom. The number of methoxy groups -OCH3 is 1. The second-order valence-electron chi connectivity index (χ2n) is 8.85. The lowest BCUT2D eigenvalue weighted by atomic mass is 9.92. The second-order valence-corrected chi connectivity index (χ2v) is 8.85. The summed E-state index contributed by atoms with van der Waals surface area (Å²) in [5.74, 6) is -0.602. The van der Waals surface area contributed by atoms with E-state index < -0.39 is 17.7 Å². The molecule has 1 aliphatic carbocycles. The summed E-state index contributed by atoms with van der Waals surface area (Å²) in [6.45, 7) is 4.04. The zero-order chi connectivity index (χ0) is 23.0. The summed E-state index contributed by atoms with van der Waals surface area (Å²) in [5, 5.41) is 21.4. The lowest BCUT2D eigenvalue weighted by molar-refractivity contribution is -0.141. The largest absolute Gasteiger partial charge is 0.508 e. The van der Waals surface area contributed by atoms with E-state index in [1.807, 2.05) is 13.8 Å². The van der Waals surface area contributed by atoms with Crippen molar-refractivity contribution in [2.75, 3.05) is 7.11 Å². The highest BCUT2D eigenvalue weighted by Crippen LogP contribution is 2.44. The van der Waals surface area contributed by atoms with Gasteiger partial charge in [0.25, 0.3) is 11.7 Å². The van der Waals surface area contributed by atoms with Crippen LogP contribution in [0.1, 0.15) is 68.2 Å². The summed E-state index contributed by atoms with van der Waals surface area (Å²) in [7, 11) is 1.59. The van der Waals surface area contributed by atoms with Gasteiger partial charge in [-0.1, -0.05) is 38.8 Å². The van der Waals surface area contributed by atoms with E-state index in [9.17, 15) is 19.8 Å². The summed E-state index contributed by atoms with van der Waals surface area (Å²) < 4.78 is 5.44. The Morgan fingerprint density at radius 3 is 2.44 bits per heavy atom. The predicted octanol–water partition coefficient (Wildman–Crippen LogP) is 4.89. The molecular weight excluding hydrogens is 406 g/mol. The van der Waals surface area contributed by atoms with Crippen LogP contribution in [0.5, 0.6) is 11.5 Å². The number of hydrogen-bond acceptors (Lipinski definition) is 5. The third-order valence-corrected chi connectivity index (χ3v) is 6.51. The van der Waals surface area contributed by atoms with Crippen LogP contribution in [0.3, 0.4) is 0 Å². The first-order chi connectivity index (χ1) is 15.3. The van der Waals surface area contributed by atoms with Gasteiger partial charge in [0.05, 0.1) is 18.7 Å². The number of aliphatic hydroxyl groups excluding tert-OH is 1. The number of nitrogens with zero attached hydrogens (tertiary/aromatic N) is 1. The summed E-state index contributed by atoms with van der Waals surface area (Å²) in [6.07, 6.45) is 3.64. The van der Waals surface area contributed by atoms with Crippen molar-refractivity contribution in [2.45, 2.75) is 57.5 Å². The number of ether oxygens (including phenoxy) is 1. The molecule has 4 rings (SSSR count). The van der Waals surface area contributed by atoms with E-state index >= 15 is 0 Å². The Balaban J connectivity index is 1.90. The lowest BCUT2D eigenvalue weighted by Gasteiger charge is -2.30. The SMILES string of the molecule is COc1ccc(/C(O)=C2/C(=O)C(=O)N(C3CCCC3)C2c2cccc(O)c2)cc1C(C)C. The van der Waals surface area contributed by atoms with Crippen molar-refractivity contribution in [3.63, 3.8) is 0 Å². The van der Waals surface area contributed by atoms with Gasteiger partial charge in [0.15, 0.2) is 0 Å². The molecule has 1 amide bonds. The van der Waals surface area contributed by atoms with Crippen molar-refractivity contribution in [2.24, 2.45) is 0 Å². The third-order valence-electron chi connectivity index (χ3n) is 6.51. The molecule has 0 bridgehead atoms. The molecule has 1 saturated carbocycles. The first-order valence-corrected chi connectivity index (χ1v) is 11.1. The topological polar surface area (TPSA) is 87.1 Å². The molecule has 2 aliphatic rings. The molecule has 32 heavy (non-hydrogen) atoms. The van der Waals surface area contributed by atoms with Gasteiger partial charge in [-0.25, -0.2) is 0 Å². The first-order valence-electron chi connectivity index (χ1n) is 11.1. The van der Waals surface area contributed by atoms with Crippen LogP contribution in [0.4, 0.5) is 0 Å². The lowest BCUT2D eigenvalue weighted by Crippen LogP contribution is -2.37. The molecule has 0 aromatic heterocycles. The first kappa shape index (κ1) is 21.9. The van der Waals surface area contributed by atoms with Crippen LogP contribution in [-0.2, 0) is 9.59 Å². The van der Waals surface area contributed by atoms with Gasteiger partial charge in [0.2, 0.25) is 0 Å². The van der Waals surface area contributed by atoms with Crippen molar-refractivity contribution in [1.29, 1.82) is 0 Å². The van der Waals surface area contributed by atoms with E-state index in [1.165, 1.54) is 0 Å². The Labute approximate surface area is 188 Å². The Hall–Kier alpha value is -3.28. The van der Waals surface area contributed by atoms with Crippen molar-refractivity contribution in [3.8, 4) is 11.5 Å². The van der Waals surface area contributed by atoms with Crippen LogP contribution in [0, 0.1) is 0 Å². The van der Waals surface area contributed by atoms with E-state index in [2.05, 4.69) is 0 Å². The van der Waals surface area contributed by atoms with Gasteiger partial charge < -0.3 is 19.8 Å². The minimum atomic E-state index is -0.741. The van der Waals surface area contributed by atoms with E-state index in [4.69, 9.17) is 4.74 Å². The number of amides is 1. The number of phenols is 1. The van der Waals surface area contributed by atoms with Crippen LogP contribution in [0.25, 0.3) is 5.76 Å². The molecule has 6 heteroatoms. The van der Waals surface area contributed by atoms with Crippen LogP contribution >= 0.6 is 0 Å². The second kappa shape index (κ2) is 8.69. The predicted molar refractivity (Wildman–Crippen MR) is 122 cm³/mol. The number of benzene rings is 2. The van der Waals surface area contributed by atoms with E-state index in [1.54, 1.807) is 54.5 Å². The minimum Gasteiger partial charge on any atom is -0.508 e. The Kier molecular flexibility index (Phi) is 5.96. The maximum atomic E-state index is 13.2. The number of likely N-dealkylation sites (tertiary alicyclic amines) is 1. The summed E-state index contributed by atoms with van der Waals surface area (Å²) in [5.41, 5.74) is 2.03. The monoisotopic (exact) mass is 435 g/mol. The quantitative estimate of drug-likeness (QED) is 0.397. The van der Waals surface area contributed by atoms with E-state index in [0.717, 1.165) is 31.2 Å². The fourth-order valence-electron chi connectivity index (χ4n) is 4.92. The molecule has 2 fully saturated rings. The Morgan fingerprint density at radius 2 is 1.81 bits per heavy atom. The fourth-order valence-corrected chi connectivity index (χ4v) is 4.92. The van der Waals surface area contributed by atoms with Crippen molar-refractivity contribution in [3.05, 3.63) is 64.7 Å². The zero-order valence-electron chi connectivity index (χ0n) is 18.7. The third kappa shape index (κ3) is 3.74. The minimum absolute atomic E-state index is 0.0473. The number of carbonyl (C=O) groups is 2. The van der Waals surface area contributed by atoms with Crippen LogP contribution in [-0.4, -0.2) is 40.0 Å². The smallest absolute Gasteiger partial charge is 0.295 e. The number of rotatable bonds is 5. The number of Topliss-reactive ketones (excluding diaryl/α,β-unsaturated/α-hetero) is 1. The summed E-state index contributed by atoms with van der Waals surface area (Å²) >= 11 is 0. The van der Waals surface area contributed by atoms with Gasteiger partial charge in [-0.05, 0) is 60.2 Å². The highest BCUT2D eigenvalue weighted by Gasteiger charge is 2.49. The van der Waals surface area contributed by atoms with Gasteiger partial charge in [-0.3, -0.25) is 9.59 Å². The molecule has 2 aromatic carbocycles. The molecule has 1 atom stereocenters. The Bertz CT molecular complexity index is 1080. The molecule has 168 valence electrons. The molecule has 1 saturated heterocycles. The normalized spacial score (nSPS) is 21.0. The van der Waals surface area contributed by atoms with E-state index in [-0.39, 0.29) is 29.0 Å². The molecular formula is C26H29NO5. The highest BCUT2D eigenvalue weighted by molar-refractivity contribution is 6.46. The van der Waals surface area contributed by atoms with Gasteiger partial charge in [0.1, 0.15) is 17.3 Å². The standard InChI is InChI=1S/C26H29NO5/c1-15(2)20-14-17(11-12-21(20)32-3)24(29)22-23(16-7-6-10-19(28)13-16)27(26(31)25(22)30)18-8-4-5-9-18/h6-7,10-15,18,23,28-29H,4-5,8-9H2,1-3H3/b24-22-. The van der Waals surface area contributed by atoms with Gasteiger partial charge >= 0.3 is 0 Å². The summed E-state index contributed by atoms with van der Waals surface area (Å²) in [4.78, 5) is 27.9. The van der Waals surface area contributed by atoms with Crippen molar-refractivity contribution >= 4 is 17.4 Å². The maximum Gasteiger partial charge on any atom is 0.295 e. The van der Waals surface area contributed by atoms with Crippen LogP contribution in [0.15, 0.2) is 48.0 Å². The molecule has 1 unspecified atom stereocenters. The van der Waals surface area contributed by atoms with Gasteiger partial charge in [0, 0.05) is 11.6 Å². The number of ketones is 1. The number of aliphatic hydroxyl groups is 1. The average molecular weight is 436 g/mol. The number of hydrogen-bond donors (Lipinski definition) is 2. The summed E-state index contributed by atoms with van der Waals surface area (Å²) in [6, 6.07) is 11.0. The molecule has 2 N–H and O–H groups in total. The molecule has 2 aromatic rings. The highest BCUT2D eigenvalue weighted by atomic mass is 16.5.